The maximum Gasteiger partial charge on any atom is 0.266 e. The van der Waals surface area contributed by atoms with Gasteiger partial charge in [-0.15, -0.1) is 0 Å². The molecule has 0 aromatic carbocycles. The second kappa shape index (κ2) is 7.36. The van der Waals surface area contributed by atoms with Gasteiger partial charge in [-0.25, -0.2) is 0 Å². The monoisotopic (exact) mass is 254 g/mol. The van der Waals surface area contributed by atoms with Crippen molar-refractivity contribution in [2.45, 2.75) is 58.9 Å². The first-order chi connectivity index (χ1) is 8.58. The number of hydrogen-bond acceptors (Lipinski definition) is 5. The summed E-state index contributed by atoms with van der Waals surface area (Å²) in [7, 11) is 0. The number of nitrogens with two attached hydrogens (primary N) is 1. The zero-order valence-corrected chi connectivity index (χ0v) is 12.0. The molecule has 2 unspecified atom stereocenters. The first-order valence-electron chi connectivity index (χ1n) is 6.92. The Balaban J connectivity index is 2.51. The average molecular weight is 254 g/mol. The maximum atomic E-state index is 5.74. The highest BCUT2D eigenvalue weighted by atomic mass is 16.5. The second-order valence-corrected chi connectivity index (χ2v) is 4.91. The van der Waals surface area contributed by atoms with Crippen LogP contribution in [0.15, 0.2) is 4.52 Å². The molecule has 0 spiro atoms. The zero-order chi connectivity index (χ0) is 13.5. The van der Waals surface area contributed by atoms with Crippen molar-refractivity contribution in [3.63, 3.8) is 0 Å². The SMILES string of the molecule is CCN(CC)c1noc(C(C)CCCC(C)N)n1. The third-order valence-electron chi connectivity index (χ3n) is 3.20. The minimum atomic E-state index is 0.270. The molecule has 1 aromatic heterocycles. The molecule has 0 amide bonds. The van der Waals surface area contributed by atoms with Crippen LogP contribution in [0, 0.1) is 0 Å². The van der Waals surface area contributed by atoms with Gasteiger partial charge in [0, 0.05) is 25.0 Å². The van der Waals surface area contributed by atoms with Crippen LogP contribution < -0.4 is 10.6 Å². The standard InChI is InChI=1S/C13H26N4O/c1-5-17(6-2)13-15-12(18-16-13)10(3)8-7-9-11(4)14/h10-11H,5-9,14H2,1-4H3. The maximum absolute atomic E-state index is 5.74. The van der Waals surface area contributed by atoms with Gasteiger partial charge in [-0.1, -0.05) is 13.3 Å². The molecule has 2 atom stereocenters. The third-order valence-corrected chi connectivity index (χ3v) is 3.20. The van der Waals surface area contributed by atoms with E-state index in [9.17, 15) is 0 Å². The summed E-state index contributed by atoms with van der Waals surface area (Å²) in [6.45, 7) is 10.1. The van der Waals surface area contributed by atoms with Gasteiger partial charge in [-0.05, 0) is 38.8 Å². The zero-order valence-electron chi connectivity index (χ0n) is 12.0. The fraction of sp³-hybridized carbons (Fsp3) is 0.846. The van der Waals surface area contributed by atoms with E-state index in [2.05, 4.69) is 35.8 Å². The van der Waals surface area contributed by atoms with E-state index in [1.807, 2.05) is 6.92 Å². The van der Waals surface area contributed by atoms with E-state index >= 15 is 0 Å². The first kappa shape index (κ1) is 15.0. The summed E-state index contributed by atoms with van der Waals surface area (Å²) in [5.41, 5.74) is 5.74. The Labute approximate surface area is 110 Å². The number of aromatic nitrogens is 2. The van der Waals surface area contributed by atoms with Crippen LogP contribution in [0.25, 0.3) is 0 Å². The molecule has 0 aliphatic heterocycles. The van der Waals surface area contributed by atoms with Crippen LogP contribution in [-0.2, 0) is 0 Å². The largest absolute Gasteiger partial charge is 0.339 e. The van der Waals surface area contributed by atoms with Gasteiger partial charge in [-0.3, -0.25) is 0 Å². The predicted octanol–water partition coefficient (Wildman–Crippen LogP) is 2.54. The molecule has 0 aliphatic carbocycles. The smallest absolute Gasteiger partial charge is 0.266 e. The quantitative estimate of drug-likeness (QED) is 0.772. The Hall–Kier alpha value is -1.10. The second-order valence-electron chi connectivity index (χ2n) is 4.91. The van der Waals surface area contributed by atoms with Gasteiger partial charge in [0.1, 0.15) is 0 Å². The molecular formula is C13H26N4O. The molecular weight excluding hydrogens is 228 g/mol. The number of rotatable bonds is 8. The highest BCUT2D eigenvalue weighted by Gasteiger charge is 2.16. The highest BCUT2D eigenvalue weighted by Crippen LogP contribution is 2.22. The van der Waals surface area contributed by atoms with Gasteiger partial charge in [0.15, 0.2) is 0 Å². The average Bonchev–Trinajstić information content (AvgIpc) is 2.79. The molecule has 5 nitrogen and oxygen atoms in total. The van der Waals surface area contributed by atoms with E-state index in [1.165, 1.54) is 0 Å². The highest BCUT2D eigenvalue weighted by molar-refractivity contribution is 5.27. The van der Waals surface area contributed by atoms with Gasteiger partial charge < -0.3 is 15.2 Å². The molecule has 1 rings (SSSR count). The van der Waals surface area contributed by atoms with Crippen molar-refractivity contribution in [1.82, 2.24) is 10.1 Å². The van der Waals surface area contributed by atoms with Crippen molar-refractivity contribution in [3.8, 4) is 0 Å². The predicted molar refractivity (Wildman–Crippen MR) is 73.8 cm³/mol. The summed E-state index contributed by atoms with van der Waals surface area (Å²) in [5, 5.41) is 4.04. The molecule has 104 valence electrons. The lowest BCUT2D eigenvalue weighted by atomic mass is 10.0. The van der Waals surface area contributed by atoms with Crippen molar-refractivity contribution in [3.05, 3.63) is 5.89 Å². The summed E-state index contributed by atoms with van der Waals surface area (Å²) < 4.78 is 5.33. The number of anilines is 1. The fourth-order valence-electron chi connectivity index (χ4n) is 1.93. The van der Waals surface area contributed by atoms with Crippen LogP contribution in [-0.4, -0.2) is 29.3 Å². The lowest BCUT2D eigenvalue weighted by Crippen LogP contribution is -2.23. The van der Waals surface area contributed by atoms with Crippen LogP contribution in [0.2, 0.25) is 0 Å². The molecule has 0 bridgehead atoms. The topological polar surface area (TPSA) is 68.2 Å². The van der Waals surface area contributed by atoms with E-state index < -0.39 is 0 Å². The summed E-state index contributed by atoms with van der Waals surface area (Å²) in [6.07, 6.45) is 3.19. The lowest BCUT2D eigenvalue weighted by molar-refractivity contribution is 0.349. The molecule has 0 radical (unpaired) electrons. The lowest BCUT2D eigenvalue weighted by Gasteiger charge is -2.14. The number of nitrogens with zero attached hydrogens (tertiary/aromatic N) is 3. The van der Waals surface area contributed by atoms with Gasteiger partial charge in [0.2, 0.25) is 5.89 Å². The van der Waals surface area contributed by atoms with Crippen LogP contribution in [0.5, 0.6) is 0 Å². The van der Waals surface area contributed by atoms with Crippen molar-refractivity contribution < 1.29 is 4.52 Å². The van der Waals surface area contributed by atoms with Crippen molar-refractivity contribution >= 4 is 5.95 Å². The molecule has 1 aromatic rings. The normalized spacial score (nSPS) is 14.5. The minimum absolute atomic E-state index is 0.270. The van der Waals surface area contributed by atoms with E-state index in [4.69, 9.17) is 10.3 Å². The van der Waals surface area contributed by atoms with Gasteiger partial charge in [0.05, 0.1) is 0 Å². The summed E-state index contributed by atoms with van der Waals surface area (Å²) in [5.74, 6) is 1.75. The Morgan fingerprint density at radius 1 is 1.22 bits per heavy atom. The molecule has 0 saturated carbocycles. The number of hydrogen-bond donors (Lipinski definition) is 1. The van der Waals surface area contributed by atoms with Crippen molar-refractivity contribution in [2.75, 3.05) is 18.0 Å². The molecule has 0 aliphatic rings. The Morgan fingerprint density at radius 3 is 2.44 bits per heavy atom. The fourth-order valence-corrected chi connectivity index (χ4v) is 1.93. The molecule has 0 fully saturated rings. The van der Waals surface area contributed by atoms with Crippen LogP contribution in [0.1, 0.15) is 58.8 Å². The van der Waals surface area contributed by atoms with E-state index in [-0.39, 0.29) is 6.04 Å². The van der Waals surface area contributed by atoms with Crippen molar-refractivity contribution in [2.24, 2.45) is 5.73 Å². The van der Waals surface area contributed by atoms with Gasteiger partial charge in [0.25, 0.3) is 5.95 Å². The van der Waals surface area contributed by atoms with Gasteiger partial charge in [-0.2, -0.15) is 4.98 Å². The Bertz CT molecular complexity index is 333. The summed E-state index contributed by atoms with van der Waals surface area (Å²) >= 11 is 0. The third kappa shape index (κ3) is 4.29. The van der Waals surface area contributed by atoms with Crippen LogP contribution in [0.3, 0.4) is 0 Å². The molecule has 1 heterocycles. The van der Waals surface area contributed by atoms with E-state index in [0.717, 1.165) is 38.2 Å². The van der Waals surface area contributed by atoms with Crippen LogP contribution in [0.4, 0.5) is 5.95 Å². The molecule has 18 heavy (non-hydrogen) atoms. The van der Waals surface area contributed by atoms with E-state index in [1.54, 1.807) is 0 Å². The molecule has 0 saturated heterocycles. The Kier molecular flexibility index (Phi) is 6.12. The van der Waals surface area contributed by atoms with Crippen molar-refractivity contribution in [1.29, 1.82) is 0 Å². The molecule has 2 N–H and O–H groups in total. The van der Waals surface area contributed by atoms with Gasteiger partial charge >= 0.3 is 0 Å². The minimum Gasteiger partial charge on any atom is -0.339 e. The van der Waals surface area contributed by atoms with Crippen LogP contribution >= 0.6 is 0 Å². The first-order valence-corrected chi connectivity index (χ1v) is 6.92. The summed E-state index contributed by atoms with van der Waals surface area (Å²) in [4.78, 5) is 6.55. The van der Waals surface area contributed by atoms with E-state index in [0.29, 0.717) is 11.9 Å². The summed E-state index contributed by atoms with van der Waals surface area (Å²) in [6, 6.07) is 0.270. The molecule has 5 heteroatoms. The Morgan fingerprint density at radius 2 is 1.89 bits per heavy atom.